The summed E-state index contributed by atoms with van der Waals surface area (Å²) in [4.78, 5) is 13.2. The van der Waals surface area contributed by atoms with E-state index >= 15 is 0 Å². The number of ether oxygens (including phenoxy) is 3. The Morgan fingerprint density at radius 1 is 1.17 bits per heavy atom. The van der Waals surface area contributed by atoms with Gasteiger partial charge >= 0.3 is 5.97 Å². The first-order chi connectivity index (χ1) is 13.7. The lowest BCUT2D eigenvalue weighted by atomic mass is 9.98. The predicted octanol–water partition coefficient (Wildman–Crippen LogP) is 2.86. The van der Waals surface area contributed by atoms with Crippen molar-refractivity contribution in [3.63, 3.8) is 0 Å². The zero-order valence-electron chi connectivity index (χ0n) is 17.6. The number of rotatable bonds is 10. The summed E-state index contributed by atoms with van der Waals surface area (Å²) in [6, 6.07) is 6.21. The molecule has 2 rings (SSSR count). The van der Waals surface area contributed by atoms with Crippen molar-refractivity contribution in [2.45, 2.75) is 68.1 Å². The Morgan fingerprint density at radius 3 is 2.34 bits per heavy atom. The van der Waals surface area contributed by atoms with Gasteiger partial charge in [-0.3, -0.25) is 4.79 Å². The molecule has 1 saturated heterocycles. The zero-order chi connectivity index (χ0) is 21.5. The van der Waals surface area contributed by atoms with Crippen molar-refractivity contribution in [2.24, 2.45) is 5.73 Å². The SMILES string of the molecule is CCC(C)(C)OC(=O)C1(S(=O)(=O)c2ccc(OCCCCN)cc2)CCOCC1. The van der Waals surface area contributed by atoms with Crippen molar-refractivity contribution in [3.8, 4) is 5.75 Å². The van der Waals surface area contributed by atoms with Crippen LogP contribution in [0.1, 0.15) is 52.9 Å². The highest BCUT2D eigenvalue weighted by atomic mass is 32.2. The van der Waals surface area contributed by atoms with Crippen LogP contribution in [0.2, 0.25) is 0 Å². The zero-order valence-corrected chi connectivity index (χ0v) is 18.4. The number of benzene rings is 1. The molecule has 0 spiro atoms. The number of carbonyl (C=O) groups is 1. The highest BCUT2D eigenvalue weighted by Gasteiger charge is 2.54. The highest BCUT2D eigenvalue weighted by molar-refractivity contribution is 7.93. The van der Waals surface area contributed by atoms with Gasteiger partial charge in [0.15, 0.2) is 14.6 Å². The lowest BCUT2D eigenvalue weighted by Gasteiger charge is -2.37. The summed E-state index contributed by atoms with van der Waals surface area (Å²) < 4.78 is 42.0. The minimum Gasteiger partial charge on any atom is -0.494 e. The Hall–Kier alpha value is -1.64. The summed E-state index contributed by atoms with van der Waals surface area (Å²) in [5, 5.41) is 0. The molecule has 0 aromatic heterocycles. The topological polar surface area (TPSA) is 105 Å². The van der Waals surface area contributed by atoms with Crippen molar-refractivity contribution >= 4 is 15.8 Å². The number of carbonyl (C=O) groups excluding carboxylic acids is 1. The molecule has 0 aliphatic carbocycles. The van der Waals surface area contributed by atoms with Crippen LogP contribution in [0.15, 0.2) is 29.2 Å². The van der Waals surface area contributed by atoms with Crippen LogP contribution in [0, 0.1) is 0 Å². The lowest BCUT2D eigenvalue weighted by molar-refractivity contribution is -0.162. The number of hydrogen-bond donors (Lipinski definition) is 1. The van der Waals surface area contributed by atoms with E-state index in [9.17, 15) is 13.2 Å². The molecule has 164 valence electrons. The lowest BCUT2D eigenvalue weighted by Crippen LogP contribution is -2.53. The van der Waals surface area contributed by atoms with Crippen LogP contribution in [0.5, 0.6) is 5.75 Å². The van der Waals surface area contributed by atoms with Crippen molar-refractivity contribution in [1.82, 2.24) is 0 Å². The summed E-state index contributed by atoms with van der Waals surface area (Å²) in [5.41, 5.74) is 4.72. The Bertz CT molecular complexity index is 767. The Labute approximate surface area is 173 Å². The Balaban J connectivity index is 2.27. The van der Waals surface area contributed by atoms with Gasteiger partial charge in [-0.2, -0.15) is 0 Å². The molecule has 2 N–H and O–H groups in total. The molecule has 0 amide bonds. The third-order valence-electron chi connectivity index (χ3n) is 5.41. The first-order valence-electron chi connectivity index (χ1n) is 10.2. The maximum absolute atomic E-state index is 13.5. The number of esters is 1. The first kappa shape index (κ1) is 23.6. The van der Waals surface area contributed by atoms with Gasteiger partial charge in [-0.1, -0.05) is 6.92 Å². The molecule has 8 heteroatoms. The van der Waals surface area contributed by atoms with Gasteiger partial charge in [0.1, 0.15) is 11.4 Å². The fraction of sp³-hybridized carbons (Fsp3) is 0.667. The fourth-order valence-electron chi connectivity index (χ4n) is 3.08. The van der Waals surface area contributed by atoms with Crippen LogP contribution >= 0.6 is 0 Å². The average molecular weight is 428 g/mol. The molecule has 29 heavy (non-hydrogen) atoms. The van der Waals surface area contributed by atoms with Crippen molar-refractivity contribution in [2.75, 3.05) is 26.4 Å². The van der Waals surface area contributed by atoms with Crippen molar-refractivity contribution in [3.05, 3.63) is 24.3 Å². The van der Waals surface area contributed by atoms with E-state index in [1.165, 1.54) is 12.1 Å². The molecular formula is C21H33NO6S. The van der Waals surface area contributed by atoms with Crippen LogP contribution in [0.4, 0.5) is 0 Å². The summed E-state index contributed by atoms with van der Waals surface area (Å²) >= 11 is 0. The van der Waals surface area contributed by atoms with Gasteiger partial charge in [0.25, 0.3) is 0 Å². The van der Waals surface area contributed by atoms with Gasteiger partial charge in [0, 0.05) is 26.1 Å². The fourth-order valence-corrected chi connectivity index (χ4v) is 4.99. The molecule has 1 aliphatic rings. The van der Waals surface area contributed by atoms with Crippen LogP contribution in [0.3, 0.4) is 0 Å². The molecular weight excluding hydrogens is 394 g/mol. The maximum atomic E-state index is 13.5. The van der Waals surface area contributed by atoms with E-state index in [1.54, 1.807) is 26.0 Å². The minimum absolute atomic E-state index is 0.0747. The van der Waals surface area contributed by atoms with E-state index in [0.29, 0.717) is 25.3 Å². The molecule has 1 fully saturated rings. The molecule has 1 aliphatic heterocycles. The van der Waals surface area contributed by atoms with Gasteiger partial charge in [-0.15, -0.1) is 0 Å². The number of sulfone groups is 1. The van der Waals surface area contributed by atoms with Crippen LogP contribution in [-0.2, 0) is 24.1 Å². The van der Waals surface area contributed by atoms with Crippen LogP contribution in [0.25, 0.3) is 0 Å². The summed E-state index contributed by atoms with van der Waals surface area (Å²) in [5.74, 6) is -0.119. The minimum atomic E-state index is -3.98. The largest absolute Gasteiger partial charge is 0.494 e. The monoisotopic (exact) mass is 427 g/mol. The summed E-state index contributed by atoms with van der Waals surface area (Å²) in [6.45, 7) is 6.97. The number of unbranched alkanes of at least 4 members (excludes halogenated alkanes) is 1. The first-order valence-corrected chi connectivity index (χ1v) is 11.7. The second-order valence-corrected chi connectivity index (χ2v) is 10.2. The van der Waals surface area contributed by atoms with Gasteiger partial charge in [0.05, 0.1) is 11.5 Å². The van der Waals surface area contributed by atoms with Crippen LogP contribution in [-0.4, -0.2) is 51.1 Å². The molecule has 0 atom stereocenters. The summed E-state index contributed by atoms with van der Waals surface area (Å²) in [7, 11) is -3.98. The quantitative estimate of drug-likeness (QED) is 0.452. The molecule has 7 nitrogen and oxygen atoms in total. The standard InChI is InChI=1S/C21H33NO6S/c1-4-20(2,3)28-19(23)21(11-15-26-16-12-21)29(24,25)18-9-7-17(8-10-18)27-14-6-5-13-22/h7-10H,4-6,11-16,22H2,1-3H3. The van der Waals surface area contributed by atoms with E-state index in [0.717, 1.165) is 12.8 Å². The van der Waals surface area contributed by atoms with Gasteiger partial charge in [-0.05, 0) is 63.9 Å². The van der Waals surface area contributed by atoms with Crippen molar-refractivity contribution in [1.29, 1.82) is 0 Å². The molecule has 1 heterocycles. The Morgan fingerprint density at radius 2 is 1.79 bits per heavy atom. The van der Waals surface area contributed by atoms with Crippen molar-refractivity contribution < 1.29 is 27.4 Å². The van der Waals surface area contributed by atoms with Gasteiger partial charge in [0.2, 0.25) is 0 Å². The molecule has 0 saturated carbocycles. The van der Waals surface area contributed by atoms with Gasteiger partial charge in [-0.25, -0.2) is 8.42 Å². The third-order valence-corrected chi connectivity index (χ3v) is 7.91. The number of hydrogen-bond acceptors (Lipinski definition) is 7. The second kappa shape index (κ2) is 9.91. The van der Waals surface area contributed by atoms with E-state index in [1.807, 2.05) is 6.92 Å². The normalized spacial score (nSPS) is 17.0. The Kier molecular flexibility index (Phi) is 8.08. The van der Waals surface area contributed by atoms with E-state index < -0.39 is 26.2 Å². The molecule has 0 bridgehead atoms. The predicted molar refractivity (Wildman–Crippen MR) is 111 cm³/mol. The maximum Gasteiger partial charge on any atom is 0.328 e. The smallest absolute Gasteiger partial charge is 0.328 e. The van der Waals surface area contributed by atoms with Gasteiger partial charge < -0.3 is 19.9 Å². The molecule has 1 aromatic carbocycles. The average Bonchev–Trinajstić information content (AvgIpc) is 2.71. The second-order valence-electron chi connectivity index (χ2n) is 7.93. The molecule has 1 aromatic rings. The molecule has 0 radical (unpaired) electrons. The van der Waals surface area contributed by atoms with E-state index in [4.69, 9.17) is 19.9 Å². The van der Waals surface area contributed by atoms with Crippen LogP contribution < -0.4 is 10.5 Å². The third kappa shape index (κ3) is 5.49. The number of nitrogens with two attached hydrogens (primary N) is 1. The highest BCUT2D eigenvalue weighted by Crippen LogP contribution is 2.38. The van der Waals surface area contributed by atoms with E-state index in [2.05, 4.69) is 0 Å². The van der Waals surface area contributed by atoms with E-state index in [-0.39, 0.29) is 31.0 Å². The summed E-state index contributed by atoms with van der Waals surface area (Å²) in [6.07, 6.45) is 2.43. The molecule has 0 unspecified atom stereocenters.